The van der Waals surface area contributed by atoms with E-state index in [4.69, 9.17) is 26.1 Å². The average Bonchev–Trinajstić information content (AvgIpc) is 3.30. The largest absolute Gasteiger partial charge is 0.496 e. The Morgan fingerprint density at radius 2 is 1.94 bits per heavy atom. The lowest BCUT2D eigenvalue weighted by atomic mass is 9.91. The maximum atomic E-state index is 11.9. The maximum Gasteiger partial charge on any atom is 0.209 e. The number of H-pyrrole nitrogens is 1. The SMILES string of the molecule is COc1cc(N2CCOCC2)ccc1-c1nc2ncc(Cl)c(N[C@@H]3CCCC[C@H]3NS(C)(=O)=O)c2[nH]1. The van der Waals surface area contributed by atoms with Gasteiger partial charge in [0, 0.05) is 36.9 Å². The van der Waals surface area contributed by atoms with Crippen LogP contribution in [0.5, 0.6) is 5.75 Å². The van der Waals surface area contributed by atoms with Gasteiger partial charge in [-0.2, -0.15) is 0 Å². The van der Waals surface area contributed by atoms with Crippen LogP contribution in [-0.2, 0) is 14.8 Å². The van der Waals surface area contributed by atoms with Crippen LogP contribution in [0.15, 0.2) is 24.4 Å². The predicted molar refractivity (Wildman–Crippen MR) is 142 cm³/mol. The number of nitrogens with zero attached hydrogens (tertiary/aromatic N) is 3. The number of pyridine rings is 1. The Balaban J connectivity index is 1.47. The molecule has 3 aromatic rings. The van der Waals surface area contributed by atoms with Gasteiger partial charge in [-0.1, -0.05) is 24.4 Å². The van der Waals surface area contributed by atoms with Gasteiger partial charge in [0.1, 0.15) is 17.1 Å². The number of fused-ring (bicyclic) bond motifs is 1. The summed E-state index contributed by atoms with van der Waals surface area (Å²) in [4.78, 5) is 14.8. The molecule has 0 unspecified atom stereocenters. The van der Waals surface area contributed by atoms with Crippen LogP contribution in [0.1, 0.15) is 25.7 Å². The van der Waals surface area contributed by atoms with Crippen LogP contribution in [0, 0.1) is 0 Å². The van der Waals surface area contributed by atoms with Gasteiger partial charge in [0.05, 0.1) is 49.0 Å². The summed E-state index contributed by atoms with van der Waals surface area (Å²) in [6, 6.07) is 5.73. The number of morpholine rings is 1. The molecule has 5 rings (SSSR count). The highest BCUT2D eigenvalue weighted by molar-refractivity contribution is 7.88. The van der Waals surface area contributed by atoms with Crippen molar-refractivity contribution in [1.29, 1.82) is 0 Å². The van der Waals surface area contributed by atoms with Crippen LogP contribution in [0.2, 0.25) is 5.02 Å². The minimum Gasteiger partial charge on any atom is -0.496 e. The molecule has 0 radical (unpaired) electrons. The number of aromatic amines is 1. The number of halogens is 1. The van der Waals surface area contributed by atoms with Crippen LogP contribution in [0.4, 0.5) is 11.4 Å². The Morgan fingerprint density at radius 1 is 1.19 bits per heavy atom. The number of hydrogen-bond acceptors (Lipinski definition) is 8. The van der Waals surface area contributed by atoms with E-state index in [2.05, 4.69) is 31.0 Å². The predicted octanol–water partition coefficient (Wildman–Crippen LogP) is 3.40. The van der Waals surface area contributed by atoms with Crippen molar-refractivity contribution in [2.75, 3.05) is 49.9 Å². The molecule has 1 aliphatic heterocycles. The second-order valence-electron chi connectivity index (χ2n) is 9.28. The van der Waals surface area contributed by atoms with Gasteiger partial charge < -0.3 is 24.7 Å². The first-order valence-electron chi connectivity index (χ1n) is 12.1. The lowest BCUT2D eigenvalue weighted by molar-refractivity contribution is 0.122. The molecule has 36 heavy (non-hydrogen) atoms. The van der Waals surface area contributed by atoms with Crippen molar-refractivity contribution in [2.24, 2.45) is 0 Å². The van der Waals surface area contributed by atoms with E-state index in [1.54, 1.807) is 13.3 Å². The molecule has 2 atom stereocenters. The summed E-state index contributed by atoms with van der Waals surface area (Å²) in [6.07, 6.45) is 6.32. The summed E-state index contributed by atoms with van der Waals surface area (Å²) in [5.74, 6) is 1.31. The van der Waals surface area contributed by atoms with Gasteiger partial charge in [0.25, 0.3) is 0 Å². The normalized spacial score (nSPS) is 21.0. The van der Waals surface area contributed by atoms with E-state index in [1.165, 1.54) is 6.26 Å². The summed E-state index contributed by atoms with van der Waals surface area (Å²) in [5.41, 5.74) is 3.72. The van der Waals surface area contributed by atoms with E-state index in [0.717, 1.165) is 50.0 Å². The first kappa shape index (κ1) is 25.1. The lowest BCUT2D eigenvalue weighted by Crippen LogP contribution is -2.48. The second kappa shape index (κ2) is 10.4. The van der Waals surface area contributed by atoms with Gasteiger partial charge in [-0.25, -0.2) is 23.1 Å². The summed E-state index contributed by atoms with van der Waals surface area (Å²) in [7, 11) is -1.69. The number of rotatable bonds is 7. The molecule has 0 amide bonds. The molecular weight excluding hydrogens is 504 g/mol. The smallest absolute Gasteiger partial charge is 0.209 e. The number of nitrogens with one attached hydrogen (secondary N) is 3. The van der Waals surface area contributed by atoms with Crippen molar-refractivity contribution in [3.8, 4) is 17.1 Å². The van der Waals surface area contributed by atoms with Crippen LogP contribution >= 0.6 is 11.6 Å². The fraction of sp³-hybridized carbons (Fsp3) is 0.500. The molecule has 1 saturated heterocycles. The fourth-order valence-electron chi connectivity index (χ4n) is 5.00. The Morgan fingerprint density at radius 3 is 2.67 bits per heavy atom. The van der Waals surface area contributed by atoms with Gasteiger partial charge in [-0.3, -0.25) is 0 Å². The minimum absolute atomic E-state index is 0.106. The molecule has 2 aliphatic rings. The molecule has 1 aliphatic carbocycles. The summed E-state index contributed by atoms with van der Waals surface area (Å²) in [6.45, 7) is 3.08. The molecule has 194 valence electrons. The average molecular weight is 535 g/mol. The standard InChI is InChI=1S/C24H31ClN6O4S/c1-34-20-13-15(31-9-11-35-12-10-31)7-8-16(20)23-28-22-21(17(25)14-26-24(22)29-23)27-18-5-3-4-6-19(18)30-36(2,32)33/h7-8,13-14,18-19,30H,3-6,9-12H2,1-2H3,(H2,26,27,28,29)/t18-,19-/m1/s1. The molecule has 1 saturated carbocycles. The number of imidazole rings is 1. The third-order valence-electron chi connectivity index (χ3n) is 6.75. The molecule has 0 spiro atoms. The highest BCUT2D eigenvalue weighted by Gasteiger charge is 2.29. The van der Waals surface area contributed by atoms with Crippen molar-refractivity contribution < 1.29 is 17.9 Å². The van der Waals surface area contributed by atoms with Gasteiger partial charge in [0.2, 0.25) is 10.0 Å². The number of methoxy groups -OCH3 is 1. The minimum atomic E-state index is -3.33. The maximum absolute atomic E-state index is 11.9. The van der Waals surface area contributed by atoms with Crippen molar-refractivity contribution >= 4 is 44.2 Å². The van der Waals surface area contributed by atoms with Crippen molar-refractivity contribution in [1.82, 2.24) is 19.7 Å². The van der Waals surface area contributed by atoms with Gasteiger partial charge in [-0.05, 0) is 25.0 Å². The van der Waals surface area contributed by atoms with Crippen LogP contribution < -0.4 is 19.7 Å². The summed E-state index contributed by atoms with van der Waals surface area (Å²) in [5, 5.41) is 3.93. The highest BCUT2D eigenvalue weighted by atomic mass is 35.5. The lowest BCUT2D eigenvalue weighted by Gasteiger charge is -2.33. The Kier molecular flexibility index (Phi) is 7.25. The number of hydrogen-bond donors (Lipinski definition) is 3. The van der Waals surface area contributed by atoms with E-state index in [1.807, 2.05) is 12.1 Å². The number of anilines is 2. The van der Waals surface area contributed by atoms with Gasteiger partial charge >= 0.3 is 0 Å². The topological polar surface area (TPSA) is 121 Å². The molecule has 0 bridgehead atoms. The first-order chi connectivity index (χ1) is 17.3. The fourth-order valence-corrected chi connectivity index (χ4v) is 6.03. The summed E-state index contributed by atoms with van der Waals surface area (Å²) >= 11 is 6.57. The van der Waals surface area contributed by atoms with Crippen molar-refractivity contribution in [3.05, 3.63) is 29.4 Å². The molecule has 12 heteroatoms. The van der Waals surface area contributed by atoms with Gasteiger partial charge in [0.15, 0.2) is 5.65 Å². The quantitative estimate of drug-likeness (QED) is 0.421. The van der Waals surface area contributed by atoms with Crippen molar-refractivity contribution in [3.63, 3.8) is 0 Å². The monoisotopic (exact) mass is 534 g/mol. The molecule has 3 heterocycles. The van der Waals surface area contributed by atoms with E-state index in [-0.39, 0.29) is 12.1 Å². The number of benzene rings is 1. The number of sulfonamides is 1. The first-order valence-corrected chi connectivity index (χ1v) is 14.4. The van der Waals surface area contributed by atoms with E-state index in [9.17, 15) is 8.42 Å². The zero-order chi connectivity index (χ0) is 25.3. The zero-order valence-electron chi connectivity index (χ0n) is 20.4. The van der Waals surface area contributed by atoms with Crippen LogP contribution in [-0.4, -0.2) is 75.1 Å². The Bertz CT molecular complexity index is 1340. The molecule has 1 aromatic carbocycles. The second-order valence-corrected chi connectivity index (χ2v) is 11.5. The molecule has 2 fully saturated rings. The van der Waals surface area contributed by atoms with Crippen LogP contribution in [0.3, 0.4) is 0 Å². The molecule has 10 nitrogen and oxygen atoms in total. The molecular formula is C24H31ClN6O4S. The zero-order valence-corrected chi connectivity index (χ0v) is 22.0. The number of aromatic nitrogens is 3. The van der Waals surface area contributed by atoms with Gasteiger partial charge in [-0.15, -0.1) is 0 Å². The van der Waals surface area contributed by atoms with E-state index < -0.39 is 10.0 Å². The Hall–Kier alpha value is -2.60. The molecule has 3 N–H and O–H groups in total. The van der Waals surface area contributed by atoms with Crippen LogP contribution in [0.25, 0.3) is 22.6 Å². The van der Waals surface area contributed by atoms with E-state index in [0.29, 0.717) is 46.7 Å². The van der Waals surface area contributed by atoms with Crippen molar-refractivity contribution in [2.45, 2.75) is 37.8 Å². The van der Waals surface area contributed by atoms with E-state index >= 15 is 0 Å². The third kappa shape index (κ3) is 5.39. The number of ether oxygens (including phenoxy) is 2. The molecule has 2 aromatic heterocycles. The Labute approximate surface area is 215 Å². The highest BCUT2D eigenvalue weighted by Crippen LogP contribution is 2.37. The third-order valence-corrected chi connectivity index (χ3v) is 7.77. The summed E-state index contributed by atoms with van der Waals surface area (Å²) < 4.78 is 37.8.